The topological polar surface area (TPSA) is 44.8 Å². The van der Waals surface area contributed by atoms with Gasteiger partial charge < -0.3 is 19.9 Å². The third-order valence-electron chi connectivity index (χ3n) is 3.40. The molecular weight excluding hydrogens is 242 g/mol. The van der Waals surface area contributed by atoms with Crippen molar-refractivity contribution >= 4 is 18.4 Å². The van der Waals surface area contributed by atoms with Gasteiger partial charge in [0.2, 0.25) is 0 Å². The Bertz CT molecular complexity index is 241. The predicted molar refractivity (Wildman–Crippen MR) is 68.7 cm³/mol. The Morgan fingerprint density at radius 1 is 1.41 bits per heavy atom. The Labute approximate surface area is 109 Å². The number of ether oxygens (including phenoxy) is 1. The van der Waals surface area contributed by atoms with Crippen molar-refractivity contribution in [3.63, 3.8) is 0 Å². The Kier molecular flexibility index (Phi) is 6.02. The van der Waals surface area contributed by atoms with Gasteiger partial charge in [-0.15, -0.1) is 12.4 Å². The first-order valence-electron chi connectivity index (χ1n) is 6.09. The molecule has 6 heteroatoms. The number of likely N-dealkylation sites (N-methyl/N-ethyl adjacent to an activating group) is 1. The van der Waals surface area contributed by atoms with Crippen molar-refractivity contribution < 1.29 is 9.53 Å². The number of rotatable bonds is 1. The maximum absolute atomic E-state index is 12.2. The third kappa shape index (κ3) is 3.72. The smallest absolute Gasteiger partial charge is 0.320 e. The standard InChI is InChI=1S/C11H21N3O2.ClH/c1-13(10-3-2-4-12-9-10)11(15)14-5-7-16-8-6-14;/h10,12H,2-9H2,1H3;1H. The number of nitrogens with one attached hydrogen (secondary N) is 1. The normalized spacial score (nSPS) is 25.0. The molecule has 5 nitrogen and oxygen atoms in total. The first kappa shape index (κ1) is 14.5. The fourth-order valence-corrected chi connectivity index (χ4v) is 2.30. The van der Waals surface area contributed by atoms with Crippen molar-refractivity contribution in [2.45, 2.75) is 18.9 Å². The number of amides is 2. The van der Waals surface area contributed by atoms with Crippen molar-refractivity contribution in [1.82, 2.24) is 15.1 Å². The van der Waals surface area contributed by atoms with Crippen molar-refractivity contribution in [2.75, 3.05) is 46.4 Å². The predicted octanol–water partition coefficient (Wildman–Crippen LogP) is 0.544. The van der Waals surface area contributed by atoms with Gasteiger partial charge >= 0.3 is 6.03 Å². The molecule has 1 unspecified atom stereocenters. The molecule has 2 saturated heterocycles. The van der Waals surface area contributed by atoms with Crippen LogP contribution in [-0.2, 0) is 4.74 Å². The number of piperidine rings is 1. The average Bonchev–Trinajstić information content (AvgIpc) is 2.39. The number of hydrogen-bond donors (Lipinski definition) is 1. The van der Waals surface area contributed by atoms with Crippen LogP contribution >= 0.6 is 12.4 Å². The maximum Gasteiger partial charge on any atom is 0.320 e. The van der Waals surface area contributed by atoms with Crippen LogP contribution in [0, 0.1) is 0 Å². The van der Waals surface area contributed by atoms with Gasteiger partial charge in [-0.2, -0.15) is 0 Å². The van der Waals surface area contributed by atoms with Crippen LogP contribution in [-0.4, -0.2) is 68.3 Å². The molecule has 2 amide bonds. The van der Waals surface area contributed by atoms with E-state index in [9.17, 15) is 4.79 Å². The molecule has 2 fully saturated rings. The molecule has 0 aliphatic carbocycles. The van der Waals surface area contributed by atoms with Gasteiger partial charge in [-0.05, 0) is 19.4 Å². The summed E-state index contributed by atoms with van der Waals surface area (Å²) < 4.78 is 5.25. The van der Waals surface area contributed by atoms with E-state index in [0.29, 0.717) is 19.3 Å². The molecule has 1 atom stereocenters. The van der Waals surface area contributed by atoms with E-state index in [1.54, 1.807) is 0 Å². The lowest BCUT2D eigenvalue weighted by Gasteiger charge is -2.36. The highest BCUT2D eigenvalue weighted by Gasteiger charge is 2.26. The van der Waals surface area contributed by atoms with Crippen LogP contribution < -0.4 is 5.32 Å². The van der Waals surface area contributed by atoms with Gasteiger partial charge in [0.05, 0.1) is 13.2 Å². The zero-order chi connectivity index (χ0) is 11.4. The fraction of sp³-hybridized carbons (Fsp3) is 0.909. The Balaban J connectivity index is 0.00000144. The summed E-state index contributed by atoms with van der Waals surface area (Å²) in [5.74, 6) is 0. The van der Waals surface area contributed by atoms with E-state index >= 15 is 0 Å². The van der Waals surface area contributed by atoms with Crippen LogP contribution in [0.3, 0.4) is 0 Å². The summed E-state index contributed by atoms with van der Waals surface area (Å²) in [6, 6.07) is 0.501. The zero-order valence-electron chi connectivity index (χ0n) is 10.4. The van der Waals surface area contributed by atoms with E-state index in [4.69, 9.17) is 4.74 Å². The molecule has 17 heavy (non-hydrogen) atoms. The first-order valence-corrected chi connectivity index (χ1v) is 6.09. The summed E-state index contributed by atoms with van der Waals surface area (Å²) in [7, 11) is 1.91. The molecule has 2 aliphatic rings. The highest BCUT2D eigenvalue weighted by Crippen LogP contribution is 2.11. The van der Waals surface area contributed by atoms with E-state index in [1.807, 2.05) is 16.8 Å². The van der Waals surface area contributed by atoms with E-state index in [-0.39, 0.29) is 18.4 Å². The monoisotopic (exact) mass is 263 g/mol. The third-order valence-corrected chi connectivity index (χ3v) is 3.40. The molecule has 100 valence electrons. The number of nitrogens with zero attached hydrogens (tertiary/aromatic N) is 2. The van der Waals surface area contributed by atoms with Crippen molar-refractivity contribution in [1.29, 1.82) is 0 Å². The van der Waals surface area contributed by atoms with E-state index in [2.05, 4.69) is 5.32 Å². The quantitative estimate of drug-likeness (QED) is 0.751. The molecule has 2 rings (SSSR count). The van der Waals surface area contributed by atoms with Gasteiger partial charge in [0, 0.05) is 32.7 Å². The van der Waals surface area contributed by atoms with Gasteiger partial charge in [-0.1, -0.05) is 0 Å². The van der Waals surface area contributed by atoms with Crippen molar-refractivity contribution in [3.05, 3.63) is 0 Å². The second-order valence-electron chi connectivity index (χ2n) is 4.49. The molecule has 1 N–H and O–H groups in total. The number of carbonyl (C=O) groups excluding carboxylic acids is 1. The van der Waals surface area contributed by atoms with E-state index in [1.165, 1.54) is 0 Å². The fourth-order valence-electron chi connectivity index (χ4n) is 2.30. The Hall–Kier alpha value is -0.520. The summed E-state index contributed by atoms with van der Waals surface area (Å²) in [5, 5.41) is 3.34. The molecule has 0 bridgehead atoms. The molecule has 2 aliphatic heterocycles. The zero-order valence-corrected chi connectivity index (χ0v) is 11.2. The molecule has 0 aromatic carbocycles. The SMILES string of the molecule is CN(C(=O)N1CCOCC1)C1CCCNC1.Cl. The van der Waals surface area contributed by atoms with Crippen LogP contribution in [0.2, 0.25) is 0 Å². The number of morpholine rings is 1. The van der Waals surface area contributed by atoms with Crippen molar-refractivity contribution in [3.8, 4) is 0 Å². The molecule has 2 heterocycles. The summed E-state index contributed by atoms with van der Waals surface area (Å²) >= 11 is 0. The number of carbonyl (C=O) groups is 1. The van der Waals surface area contributed by atoms with E-state index in [0.717, 1.165) is 39.0 Å². The Morgan fingerprint density at radius 2 is 2.12 bits per heavy atom. The van der Waals surface area contributed by atoms with Gasteiger partial charge in [-0.25, -0.2) is 4.79 Å². The minimum atomic E-state index is 0. The van der Waals surface area contributed by atoms with Gasteiger partial charge in [-0.3, -0.25) is 0 Å². The lowest BCUT2D eigenvalue weighted by atomic mass is 10.1. The lowest BCUT2D eigenvalue weighted by Crippen LogP contribution is -2.53. The molecule has 0 spiro atoms. The highest BCUT2D eigenvalue weighted by molar-refractivity contribution is 5.85. The molecule has 0 saturated carbocycles. The number of halogens is 1. The largest absolute Gasteiger partial charge is 0.378 e. The van der Waals surface area contributed by atoms with E-state index < -0.39 is 0 Å². The average molecular weight is 264 g/mol. The maximum atomic E-state index is 12.2. The summed E-state index contributed by atoms with van der Waals surface area (Å²) in [6.07, 6.45) is 2.27. The van der Waals surface area contributed by atoms with Crippen LogP contribution in [0.4, 0.5) is 4.79 Å². The molecule has 0 radical (unpaired) electrons. The molecule has 0 aromatic rings. The highest BCUT2D eigenvalue weighted by atomic mass is 35.5. The van der Waals surface area contributed by atoms with Crippen molar-refractivity contribution in [2.24, 2.45) is 0 Å². The lowest BCUT2D eigenvalue weighted by molar-refractivity contribution is 0.0409. The minimum Gasteiger partial charge on any atom is -0.378 e. The number of urea groups is 1. The summed E-state index contributed by atoms with van der Waals surface area (Å²) in [5.41, 5.74) is 0. The van der Waals surface area contributed by atoms with Crippen LogP contribution in [0.25, 0.3) is 0 Å². The molecule has 0 aromatic heterocycles. The minimum absolute atomic E-state index is 0. The first-order chi connectivity index (χ1) is 7.79. The van der Waals surface area contributed by atoms with Crippen LogP contribution in [0.15, 0.2) is 0 Å². The second-order valence-corrected chi connectivity index (χ2v) is 4.49. The Morgan fingerprint density at radius 3 is 2.71 bits per heavy atom. The van der Waals surface area contributed by atoms with Gasteiger partial charge in [0.1, 0.15) is 0 Å². The van der Waals surface area contributed by atoms with Gasteiger partial charge in [0.25, 0.3) is 0 Å². The van der Waals surface area contributed by atoms with Gasteiger partial charge in [0.15, 0.2) is 0 Å². The van der Waals surface area contributed by atoms with Crippen LogP contribution in [0.5, 0.6) is 0 Å². The number of hydrogen-bond acceptors (Lipinski definition) is 3. The second kappa shape index (κ2) is 7.03. The summed E-state index contributed by atoms with van der Waals surface area (Å²) in [6.45, 7) is 4.79. The van der Waals surface area contributed by atoms with Crippen LogP contribution in [0.1, 0.15) is 12.8 Å². The summed E-state index contributed by atoms with van der Waals surface area (Å²) in [4.78, 5) is 15.9. The molecular formula is C11H22ClN3O2.